The van der Waals surface area contributed by atoms with Gasteiger partial charge in [-0.05, 0) is 20.2 Å². The molecule has 0 saturated carbocycles. The average Bonchev–Trinajstić information content (AvgIpc) is 2.66. The Hall–Kier alpha value is -2.01. The van der Waals surface area contributed by atoms with Crippen molar-refractivity contribution in [3.8, 4) is 0 Å². The molecule has 0 unspecified atom stereocenters. The van der Waals surface area contributed by atoms with E-state index in [2.05, 4.69) is 10.3 Å². The Morgan fingerprint density at radius 3 is 2.78 bits per heavy atom. The van der Waals surface area contributed by atoms with Crippen molar-refractivity contribution in [1.82, 2.24) is 9.88 Å². The monoisotopic (exact) mass is 247 g/mol. The smallest absolute Gasteiger partial charge is 0.340 e. The Balaban J connectivity index is 2.31. The van der Waals surface area contributed by atoms with Crippen molar-refractivity contribution in [2.24, 2.45) is 0 Å². The number of anilines is 1. The molecule has 1 aromatic heterocycles. The zero-order chi connectivity index (χ0) is 13.1. The van der Waals surface area contributed by atoms with Crippen molar-refractivity contribution < 1.29 is 9.90 Å². The molecule has 0 radical (unpaired) electrons. The molecule has 96 valence electrons. The van der Waals surface area contributed by atoms with Crippen LogP contribution in [-0.4, -0.2) is 48.1 Å². The summed E-state index contributed by atoms with van der Waals surface area (Å²) in [5.41, 5.74) is 1.15. The minimum Gasteiger partial charge on any atom is -0.478 e. The van der Waals surface area contributed by atoms with Crippen LogP contribution in [0.1, 0.15) is 10.4 Å². The molecule has 0 amide bonds. The lowest BCUT2D eigenvalue weighted by Gasteiger charge is -2.10. The normalized spacial score (nSPS) is 11.1. The number of H-pyrrole nitrogens is 1. The zero-order valence-electron chi connectivity index (χ0n) is 10.5. The van der Waals surface area contributed by atoms with Crippen LogP contribution in [0.5, 0.6) is 0 Å². The van der Waals surface area contributed by atoms with Gasteiger partial charge >= 0.3 is 5.97 Å². The van der Waals surface area contributed by atoms with E-state index >= 15 is 0 Å². The van der Waals surface area contributed by atoms with Gasteiger partial charge in [-0.3, -0.25) is 0 Å². The number of aromatic nitrogens is 1. The second-order valence-electron chi connectivity index (χ2n) is 4.46. The molecular weight excluding hydrogens is 230 g/mol. The summed E-state index contributed by atoms with van der Waals surface area (Å²) in [5.74, 6) is -0.342. The predicted molar refractivity (Wildman–Crippen MR) is 72.3 cm³/mol. The van der Waals surface area contributed by atoms with Gasteiger partial charge in [-0.15, -0.1) is 0 Å². The number of likely N-dealkylation sites (N-methyl/N-ethyl adjacent to an activating group) is 1. The van der Waals surface area contributed by atoms with Gasteiger partial charge in [0.15, 0.2) is 0 Å². The first-order valence-corrected chi connectivity index (χ1v) is 5.82. The van der Waals surface area contributed by atoms with Crippen LogP contribution >= 0.6 is 0 Å². The Morgan fingerprint density at radius 2 is 2.11 bits per heavy atom. The van der Waals surface area contributed by atoms with Crippen LogP contribution in [0.4, 0.5) is 5.82 Å². The number of hydrogen-bond donors (Lipinski definition) is 3. The molecule has 0 saturated heterocycles. The molecule has 1 aromatic carbocycles. The Morgan fingerprint density at radius 1 is 1.39 bits per heavy atom. The quantitative estimate of drug-likeness (QED) is 0.754. The summed E-state index contributed by atoms with van der Waals surface area (Å²) < 4.78 is 0. The largest absolute Gasteiger partial charge is 0.478 e. The van der Waals surface area contributed by atoms with E-state index in [4.69, 9.17) is 0 Å². The van der Waals surface area contributed by atoms with Crippen LogP contribution in [0.3, 0.4) is 0 Å². The van der Waals surface area contributed by atoms with Gasteiger partial charge in [0, 0.05) is 24.0 Å². The molecule has 0 atom stereocenters. The molecule has 5 heteroatoms. The van der Waals surface area contributed by atoms with Crippen LogP contribution in [0.25, 0.3) is 10.9 Å². The standard InChI is InChI=1S/C13H17N3O2/c1-16(2)8-7-14-12-11(13(17)18)9-5-3-4-6-10(9)15-12/h3-6,14-15H,7-8H2,1-2H3,(H,17,18). The molecule has 3 N–H and O–H groups in total. The van der Waals surface area contributed by atoms with E-state index in [1.165, 1.54) is 0 Å². The summed E-state index contributed by atoms with van der Waals surface area (Å²) in [7, 11) is 3.95. The van der Waals surface area contributed by atoms with E-state index in [1.54, 1.807) is 0 Å². The first-order valence-electron chi connectivity index (χ1n) is 5.82. The highest BCUT2D eigenvalue weighted by Gasteiger charge is 2.16. The molecule has 0 aliphatic rings. The number of carboxylic acid groups (broad SMARTS) is 1. The number of hydrogen-bond acceptors (Lipinski definition) is 3. The third kappa shape index (κ3) is 2.46. The topological polar surface area (TPSA) is 68.4 Å². The molecule has 2 aromatic rings. The molecule has 5 nitrogen and oxygen atoms in total. The molecule has 0 aliphatic heterocycles. The Labute approximate surface area is 105 Å². The number of nitrogens with one attached hydrogen (secondary N) is 2. The zero-order valence-corrected chi connectivity index (χ0v) is 10.5. The van der Waals surface area contributed by atoms with E-state index in [-0.39, 0.29) is 0 Å². The number of carboxylic acids is 1. The second-order valence-corrected chi connectivity index (χ2v) is 4.46. The van der Waals surface area contributed by atoms with Gasteiger partial charge < -0.3 is 20.3 Å². The predicted octanol–water partition coefficient (Wildman–Crippen LogP) is 1.84. The van der Waals surface area contributed by atoms with Crippen molar-refractivity contribution in [3.63, 3.8) is 0 Å². The number of fused-ring (bicyclic) bond motifs is 1. The highest BCUT2D eigenvalue weighted by molar-refractivity contribution is 6.08. The van der Waals surface area contributed by atoms with Crippen molar-refractivity contribution in [2.45, 2.75) is 0 Å². The van der Waals surface area contributed by atoms with E-state index in [0.717, 1.165) is 17.4 Å². The molecule has 2 rings (SSSR count). The lowest BCUT2D eigenvalue weighted by atomic mass is 10.1. The Bertz CT molecular complexity index is 560. The SMILES string of the molecule is CN(C)CCNc1[nH]c2ccccc2c1C(=O)O. The second kappa shape index (κ2) is 5.10. The van der Waals surface area contributed by atoms with Crippen LogP contribution in [-0.2, 0) is 0 Å². The molecule has 0 aliphatic carbocycles. The van der Waals surface area contributed by atoms with E-state index in [9.17, 15) is 9.90 Å². The minimum atomic E-state index is -0.917. The summed E-state index contributed by atoms with van der Waals surface area (Å²) >= 11 is 0. The fourth-order valence-corrected chi connectivity index (χ4v) is 1.90. The summed E-state index contributed by atoms with van der Waals surface area (Å²) in [6, 6.07) is 7.41. The van der Waals surface area contributed by atoms with Crippen molar-refractivity contribution in [2.75, 3.05) is 32.5 Å². The number of nitrogens with zero attached hydrogens (tertiary/aromatic N) is 1. The number of carbonyl (C=O) groups is 1. The highest BCUT2D eigenvalue weighted by Crippen LogP contribution is 2.25. The first kappa shape index (κ1) is 12.4. The van der Waals surface area contributed by atoms with Crippen molar-refractivity contribution >= 4 is 22.7 Å². The number of aromatic amines is 1. The molecule has 1 heterocycles. The summed E-state index contributed by atoms with van der Waals surface area (Å²) in [6.07, 6.45) is 0. The number of benzene rings is 1. The molecular formula is C13H17N3O2. The van der Waals surface area contributed by atoms with E-state index < -0.39 is 5.97 Å². The minimum absolute atomic E-state index is 0.310. The molecule has 0 bridgehead atoms. The maximum absolute atomic E-state index is 11.3. The third-order valence-electron chi connectivity index (χ3n) is 2.78. The first-order chi connectivity index (χ1) is 8.59. The lowest BCUT2D eigenvalue weighted by molar-refractivity contribution is 0.0700. The van der Waals surface area contributed by atoms with Crippen LogP contribution in [0, 0.1) is 0 Å². The molecule has 18 heavy (non-hydrogen) atoms. The van der Waals surface area contributed by atoms with Gasteiger partial charge in [0.1, 0.15) is 11.4 Å². The fraction of sp³-hybridized carbons (Fsp3) is 0.308. The van der Waals surface area contributed by atoms with Gasteiger partial charge in [0.2, 0.25) is 0 Å². The average molecular weight is 247 g/mol. The maximum atomic E-state index is 11.3. The fourth-order valence-electron chi connectivity index (χ4n) is 1.90. The summed E-state index contributed by atoms with van der Waals surface area (Å²) in [5, 5.41) is 13.2. The van der Waals surface area contributed by atoms with Crippen molar-refractivity contribution in [1.29, 1.82) is 0 Å². The van der Waals surface area contributed by atoms with Gasteiger partial charge in [0.25, 0.3) is 0 Å². The van der Waals surface area contributed by atoms with Gasteiger partial charge in [0.05, 0.1) is 0 Å². The summed E-state index contributed by atoms with van der Waals surface area (Å²) in [4.78, 5) is 16.5. The van der Waals surface area contributed by atoms with Gasteiger partial charge in [-0.2, -0.15) is 0 Å². The summed E-state index contributed by atoms with van der Waals surface area (Å²) in [6.45, 7) is 1.54. The lowest BCUT2D eigenvalue weighted by Crippen LogP contribution is -2.21. The third-order valence-corrected chi connectivity index (χ3v) is 2.78. The number of para-hydroxylation sites is 1. The highest BCUT2D eigenvalue weighted by atomic mass is 16.4. The van der Waals surface area contributed by atoms with Crippen molar-refractivity contribution in [3.05, 3.63) is 29.8 Å². The van der Waals surface area contributed by atoms with Gasteiger partial charge in [-0.25, -0.2) is 4.79 Å². The number of aromatic carboxylic acids is 1. The Kier molecular flexibility index (Phi) is 3.53. The molecule has 0 fully saturated rings. The van der Waals surface area contributed by atoms with Crippen LogP contribution in [0.2, 0.25) is 0 Å². The molecule has 0 spiro atoms. The number of rotatable bonds is 5. The van der Waals surface area contributed by atoms with Gasteiger partial charge in [-0.1, -0.05) is 18.2 Å². The van der Waals surface area contributed by atoms with E-state index in [0.29, 0.717) is 17.9 Å². The maximum Gasteiger partial charge on any atom is 0.340 e. The van der Waals surface area contributed by atoms with E-state index in [1.807, 2.05) is 43.3 Å². The van der Waals surface area contributed by atoms with Crippen LogP contribution < -0.4 is 5.32 Å². The van der Waals surface area contributed by atoms with Crippen LogP contribution in [0.15, 0.2) is 24.3 Å².